The Morgan fingerprint density at radius 3 is 2.70 bits per heavy atom. The molecular formula is C18H24ClN3O. The van der Waals surface area contributed by atoms with Crippen LogP contribution < -0.4 is 5.32 Å². The lowest BCUT2D eigenvalue weighted by atomic mass is 10.0. The molecule has 1 amide bonds. The molecule has 1 heterocycles. The van der Waals surface area contributed by atoms with Crippen molar-refractivity contribution in [1.29, 1.82) is 0 Å². The summed E-state index contributed by atoms with van der Waals surface area (Å²) in [5, 5.41) is 8.19. The van der Waals surface area contributed by atoms with E-state index in [4.69, 9.17) is 11.6 Å². The van der Waals surface area contributed by atoms with Gasteiger partial charge in [0.2, 0.25) is 5.91 Å². The molecule has 0 saturated carbocycles. The van der Waals surface area contributed by atoms with Crippen molar-refractivity contribution in [1.82, 2.24) is 15.1 Å². The Hall–Kier alpha value is -1.81. The number of rotatable bonds is 6. The minimum absolute atomic E-state index is 0.00251. The van der Waals surface area contributed by atoms with Crippen molar-refractivity contribution >= 4 is 17.5 Å². The van der Waals surface area contributed by atoms with Gasteiger partial charge in [-0.05, 0) is 49.9 Å². The van der Waals surface area contributed by atoms with Gasteiger partial charge in [-0.15, -0.1) is 0 Å². The SMILES string of the molecule is CCC(NC(=O)CCc1c(C)nn(C)c1C)c1cccc(Cl)c1. The lowest BCUT2D eigenvalue weighted by Crippen LogP contribution is -2.28. The highest BCUT2D eigenvalue weighted by atomic mass is 35.5. The Morgan fingerprint density at radius 2 is 2.13 bits per heavy atom. The number of hydrogen-bond acceptors (Lipinski definition) is 2. The molecule has 1 N–H and O–H groups in total. The van der Waals surface area contributed by atoms with Gasteiger partial charge < -0.3 is 5.32 Å². The summed E-state index contributed by atoms with van der Waals surface area (Å²) in [5.41, 5.74) is 4.33. The Balaban J connectivity index is 1.98. The second kappa shape index (κ2) is 7.64. The molecule has 1 aromatic carbocycles. The third-order valence-corrected chi connectivity index (χ3v) is 4.49. The molecule has 0 spiro atoms. The molecule has 5 heteroatoms. The van der Waals surface area contributed by atoms with Crippen LogP contribution in [0.4, 0.5) is 0 Å². The number of nitrogens with one attached hydrogen (secondary N) is 1. The fourth-order valence-electron chi connectivity index (χ4n) is 2.83. The third-order valence-electron chi connectivity index (χ3n) is 4.26. The number of amides is 1. The first kappa shape index (κ1) is 17.5. The van der Waals surface area contributed by atoms with Crippen molar-refractivity contribution < 1.29 is 4.79 Å². The molecular weight excluding hydrogens is 310 g/mol. The molecule has 1 unspecified atom stereocenters. The molecule has 23 heavy (non-hydrogen) atoms. The van der Waals surface area contributed by atoms with E-state index in [1.807, 2.05) is 49.8 Å². The summed E-state index contributed by atoms with van der Waals surface area (Å²) < 4.78 is 1.86. The first-order valence-corrected chi connectivity index (χ1v) is 8.34. The van der Waals surface area contributed by atoms with E-state index in [1.54, 1.807) is 0 Å². The Bertz CT molecular complexity index is 694. The lowest BCUT2D eigenvalue weighted by Gasteiger charge is -2.18. The maximum absolute atomic E-state index is 12.3. The lowest BCUT2D eigenvalue weighted by molar-refractivity contribution is -0.121. The summed E-state index contributed by atoms with van der Waals surface area (Å²) in [6.07, 6.45) is 2.00. The van der Waals surface area contributed by atoms with Crippen LogP contribution in [0.3, 0.4) is 0 Å². The highest BCUT2D eigenvalue weighted by Gasteiger charge is 2.15. The third kappa shape index (κ3) is 4.35. The van der Waals surface area contributed by atoms with E-state index < -0.39 is 0 Å². The minimum atomic E-state index is -0.00251. The summed E-state index contributed by atoms with van der Waals surface area (Å²) in [6, 6.07) is 7.65. The van der Waals surface area contributed by atoms with E-state index in [2.05, 4.69) is 17.3 Å². The quantitative estimate of drug-likeness (QED) is 0.871. The number of carbonyl (C=O) groups excluding carboxylic acids is 1. The number of nitrogens with zero attached hydrogens (tertiary/aromatic N) is 2. The van der Waals surface area contributed by atoms with Crippen molar-refractivity contribution in [2.45, 2.75) is 46.1 Å². The zero-order chi connectivity index (χ0) is 17.0. The highest BCUT2D eigenvalue weighted by Crippen LogP contribution is 2.21. The van der Waals surface area contributed by atoms with E-state index in [9.17, 15) is 4.79 Å². The highest BCUT2D eigenvalue weighted by molar-refractivity contribution is 6.30. The minimum Gasteiger partial charge on any atom is -0.349 e. The van der Waals surface area contributed by atoms with Crippen LogP contribution in [0.5, 0.6) is 0 Å². The second-order valence-corrected chi connectivity index (χ2v) is 6.29. The predicted molar refractivity (Wildman–Crippen MR) is 93.6 cm³/mol. The summed E-state index contributed by atoms with van der Waals surface area (Å²) in [7, 11) is 1.93. The first-order chi connectivity index (χ1) is 10.9. The average molecular weight is 334 g/mol. The van der Waals surface area contributed by atoms with Crippen LogP contribution in [0.2, 0.25) is 5.02 Å². The van der Waals surface area contributed by atoms with Gasteiger partial charge in [-0.3, -0.25) is 9.48 Å². The van der Waals surface area contributed by atoms with E-state index in [-0.39, 0.29) is 11.9 Å². The molecule has 1 aromatic heterocycles. The second-order valence-electron chi connectivity index (χ2n) is 5.86. The Morgan fingerprint density at radius 1 is 1.39 bits per heavy atom. The van der Waals surface area contributed by atoms with Crippen LogP contribution in [0.15, 0.2) is 24.3 Å². The first-order valence-electron chi connectivity index (χ1n) is 7.96. The van der Waals surface area contributed by atoms with Crippen LogP contribution in [0, 0.1) is 13.8 Å². The van der Waals surface area contributed by atoms with Gasteiger partial charge in [0.25, 0.3) is 0 Å². The van der Waals surface area contributed by atoms with E-state index in [0.29, 0.717) is 17.9 Å². The normalized spacial score (nSPS) is 12.2. The number of hydrogen-bond donors (Lipinski definition) is 1. The van der Waals surface area contributed by atoms with Crippen LogP contribution in [-0.4, -0.2) is 15.7 Å². The molecule has 0 aliphatic heterocycles. The van der Waals surface area contributed by atoms with Crippen LogP contribution in [0.25, 0.3) is 0 Å². The molecule has 0 aliphatic carbocycles. The number of benzene rings is 1. The summed E-state index contributed by atoms with van der Waals surface area (Å²) >= 11 is 6.04. The average Bonchev–Trinajstić information content (AvgIpc) is 2.75. The van der Waals surface area contributed by atoms with Gasteiger partial charge in [0.15, 0.2) is 0 Å². The molecule has 2 aromatic rings. The topological polar surface area (TPSA) is 46.9 Å². The Kier molecular flexibility index (Phi) is 5.83. The molecule has 0 fully saturated rings. The van der Waals surface area contributed by atoms with Crippen LogP contribution in [-0.2, 0) is 18.3 Å². The smallest absolute Gasteiger partial charge is 0.220 e. The van der Waals surface area contributed by atoms with Crippen LogP contribution in [0.1, 0.15) is 48.3 Å². The Labute approximate surface area is 142 Å². The number of aromatic nitrogens is 2. The fraction of sp³-hybridized carbons (Fsp3) is 0.444. The van der Waals surface area contributed by atoms with Crippen molar-refractivity contribution in [3.8, 4) is 0 Å². The standard InChI is InChI=1S/C18H24ClN3O/c1-5-17(14-7-6-8-15(19)11-14)20-18(23)10-9-16-12(2)21-22(4)13(16)3/h6-8,11,17H,5,9-10H2,1-4H3,(H,20,23). The predicted octanol–water partition coefficient (Wildman–Crippen LogP) is 3.89. The maximum Gasteiger partial charge on any atom is 0.220 e. The van der Waals surface area contributed by atoms with E-state index in [1.165, 1.54) is 5.56 Å². The molecule has 2 rings (SSSR count). The summed E-state index contributed by atoms with van der Waals surface area (Å²) in [4.78, 5) is 12.3. The summed E-state index contributed by atoms with van der Waals surface area (Å²) in [6.45, 7) is 6.08. The molecule has 0 saturated heterocycles. The van der Waals surface area contributed by atoms with E-state index >= 15 is 0 Å². The van der Waals surface area contributed by atoms with Gasteiger partial charge in [0.05, 0.1) is 11.7 Å². The number of carbonyl (C=O) groups is 1. The van der Waals surface area contributed by atoms with Gasteiger partial charge >= 0.3 is 0 Å². The fourth-order valence-corrected chi connectivity index (χ4v) is 3.03. The molecule has 4 nitrogen and oxygen atoms in total. The number of aryl methyl sites for hydroxylation is 2. The van der Waals surface area contributed by atoms with Gasteiger partial charge in [0, 0.05) is 24.2 Å². The van der Waals surface area contributed by atoms with E-state index in [0.717, 1.165) is 23.4 Å². The number of halogens is 1. The molecule has 0 aliphatic rings. The van der Waals surface area contributed by atoms with Gasteiger partial charge in [-0.2, -0.15) is 5.10 Å². The molecule has 1 atom stereocenters. The van der Waals surface area contributed by atoms with Gasteiger partial charge in [-0.25, -0.2) is 0 Å². The zero-order valence-corrected chi connectivity index (χ0v) is 14.9. The van der Waals surface area contributed by atoms with Gasteiger partial charge in [0.1, 0.15) is 0 Å². The monoisotopic (exact) mass is 333 g/mol. The van der Waals surface area contributed by atoms with Crippen molar-refractivity contribution in [2.75, 3.05) is 0 Å². The summed E-state index contributed by atoms with van der Waals surface area (Å²) in [5.74, 6) is 0.0551. The molecule has 0 radical (unpaired) electrons. The maximum atomic E-state index is 12.3. The van der Waals surface area contributed by atoms with Gasteiger partial charge in [-0.1, -0.05) is 30.7 Å². The van der Waals surface area contributed by atoms with Crippen LogP contribution >= 0.6 is 11.6 Å². The van der Waals surface area contributed by atoms with Crippen molar-refractivity contribution in [3.63, 3.8) is 0 Å². The molecule has 124 valence electrons. The van der Waals surface area contributed by atoms with Crippen molar-refractivity contribution in [3.05, 3.63) is 51.8 Å². The zero-order valence-electron chi connectivity index (χ0n) is 14.2. The molecule has 0 bridgehead atoms. The largest absolute Gasteiger partial charge is 0.349 e. The van der Waals surface area contributed by atoms with Crippen molar-refractivity contribution in [2.24, 2.45) is 7.05 Å².